The minimum atomic E-state index is -0.399. The number of carbonyl (C=O) groups excluding carboxylic acids is 3. The molecule has 2 aliphatic heterocycles. The third-order valence-electron chi connectivity index (χ3n) is 6.38. The molecule has 0 spiro atoms. The Morgan fingerprint density at radius 2 is 1.83 bits per heavy atom. The second-order valence-electron chi connectivity index (χ2n) is 8.78. The molecule has 0 saturated carbocycles. The molecule has 1 unspecified atom stereocenters. The van der Waals surface area contributed by atoms with E-state index in [4.69, 9.17) is 20.8 Å². The van der Waals surface area contributed by atoms with E-state index in [9.17, 15) is 14.4 Å². The van der Waals surface area contributed by atoms with Gasteiger partial charge in [-0.1, -0.05) is 11.6 Å². The van der Waals surface area contributed by atoms with Crippen LogP contribution >= 0.6 is 11.6 Å². The summed E-state index contributed by atoms with van der Waals surface area (Å²) in [5.41, 5.74) is 3.42. The lowest BCUT2D eigenvalue weighted by Gasteiger charge is -2.17. The Kier molecular flexibility index (Phi) is 5.55. The van der Waals surface area contributed by atoms with Gasteiger partial charge in [-0.2, -0.15) is 0 Å². The summed E-state index contributed by atoms with van der Waals surface area (Å²) in [5.74, 6) is -0.696. The summed E-state index contributed by atoms with van der Waals surface area (Å²) in [4.78, 5) is 44.1. The molecule has 1 aromatic heterocycles. The summed E-state index contributed by atoms with van der Waals surface area (Å²) in [6, 6.07) is 16.8. The number of fused-ring (bicyclic) bond motifs is 2. The maximum absolute atomic E-state index is 12.9. The number of oxazole rings is 1. The number of aromatic nitrogens is 1. The molecule has 2 aliphatic rings. The van der Waals surface area contributed by atoms with E-state index in [1.807, 2.05) is 0 Å². The summed E-state index contributed by atoms with van der Waals surface area (Å²) >= 11 is 6.02. The van der Waals surface area contributed by atoms with Gasteiger partial charge in [-0.05, 0) is 73.5 Å². The highest BCUT2D eigenvalue weighted by Crippen LogP contribution is 2.28. The van der Waals surface area contributed by atoms with Gasteiger partial charge in [0.15, 0.2) is 5.58 Å². The van der Waals surface area contributed by atoms with E-state index in [0.717, 1.165) is 18.4 Å². The fraction of sp³-hybridized carbons (Fsp3) is 0.185. The van der Waals surface area contributed by atoms with Crippen LogP contribution in [0.4, 0.5) is 5.69 Å². The molecule has 1 saturated heterocycles. The summed E-state index contributed by atoms with van der Waals surface area (Å²) in [6.07, 6.45) is 1.61. The maximum Gasteiger partial charge on any atom is 0.261 e. The fourth-order valence-electron chi connectivity index (χ4n) is 4.51. The van der Waals surface area contributed by atoms with Crippen molar-refractivity contribution < 1.29 is 23.5 Å². The van der Waals surface area contributed by atoms with Crippen molar-refractivity contribution in [1.82, 2.24) is 9.88 Å². The molecule has 0 aliphatic carbocycles. The quantitative estimate of drug-likeness (QED) is 0.378. The number of halogens is 1. The average Bonchev–Trinajstić information content (AvgIpc) is 3.60. The highest BCUT2D eigenvalue weighted by Gasteiger charge is 2.38. The smallest absolute Gasteiger partial charge is 0.261 e. The Labute approximate surface area is 210 Å². The number of amides is 3. The lowest BCUT2D eigenvalue weighted by molar-refractivity contribution is 0.0475. The van der Waals surface area contributed by atoms with Crippen molar-refractivity contribution in [3.05, 3.63) is 82.4 Å². The molecule has 1 atom stereocenters. The van der Waals surface area contributed by atoms with E-state index in [0.29, 0.717) is 39.9 Å². The van der Waals surface area contributed by atoms with Crippen molar-refractivity contribution in [3.63, 3.8) is 0 Å². The van der Waals surface area contributed by atoms with Gasteiger partial charge in [0, 0.05) is 28.4 Å². The summed E-state index contributed by atoms with van der Waals surface area (Å²) in [7, 11) is 0. The molecule has 0 bridgehead atoms. The summed E-state index contributed by atoms with van der Waals surface area (Å²) in [6.45, 7) is 0.871. The molecule has 4 aromatic rings. The Morgan fingerprint density at radius 3 is 2.61 bits per heavy atom. The van der Waals surface area contributed by atoms with Crippen LogP contribution in [-0.4, -0.2) is 46.9 Å². The van der Waals surface area contributed by atoms with Gasteiger partial charge in [-0.25, -0.2) is 4.98 Å². The van der Waals surface area contributed by atoms with Crippen LogP contribution in [0.25, 0.3) is 22.6 Å². The SMILES string of the molecule is O=C(Nc1ccc(-c2nc3cc(Cl)ccc3o2)cc1)c1ccc2c(c1)C(=O)N(CC1CCCO1)C2=O. The molecule has 3 aromatic carbocycles. The van der Waals surface area contributed by atoms with Gasteiger partial charge in [-0.15, -0.1) is 0 Å². The molecular weight excluding hydrogens is 482 g/mol. The van der Waals surface area contributed by atoms with Gasteiger partial charge >= 0.3 is 0 Å². The molecule has 36 heavy (non-hydrogen) atoms. The van der Waals surface area contributed by atoms with Crippen LogP contribution in [0.15, 0.2) is 65.1 Å². The first-order valence-electron chi connectivity index (χ1n) is 11.6. The highest BCUT2D eigenvalue weighted by atomic mass is 35.5. The van der Waals surface area contributed by atoms with Crippen LogP contribution < -0.4 is 5.32 Å². The predicted molar refractivity (Wildman–Crippen MR) is 133 cm³/mol. The number of nitrogens with one attached hydrogen (secondary N) is 1. The molecule has 0 radical (unpaired) electrons. The summed E-state index contributed by atoms with van der Waals surface area (Å²) in [5, 5.41) is 3.40. The Hall–Kier alpha value is -4.01. The highest BCUT2D eigenvalue weighted by molar-refractivity contribution is 6.31. The Bertz CT molecular complexity index is 1520. The van der Waals surface area contributed by atoms with Crippen molar-refractivity contribution in [3.8, 4) is 11.5 Å². The van der Waals surface area contributed by atoms with Gasteiger partial charge in [0.05, 0.1) is 23.8 Å². The van der Waals surface area contributed by atoms with Crippen molar-refractivity contribution in [2.75, 3.05) is 18.5 Å². The van der Waals surface area contributed by atoms with Gasteiger partial charge in [0.25, 0.3) is 17.7 Å². The second kappa shape index (κ2) is 8.89. The van der Waals surface area contributed by atoms with Crippen molar-refractivity contribution in [2.45, 2.75) is 18.9 Å². The van der Waals surface area contributed by atoms with Gasteiger partial charge in [0.1, 0.15) is 5.52 Å². The van der Waals surface area contributed by atoms with E-state index in [1.54, 1.807) is 48.5 Å². The number of benzene rings is 3. The van der Waals surface area contributed by atoms with Crippen molar-refractivity contribution in [2.24, 2.45) is 0 Å². The number of nitrogens with zero attached hydrogens (tertiary/aromatic N) is 2. The maximum atomic E-state index is 12.9. The topological polar surface area (TPSA) is 102 Å². The number of imide groups is 1. The third kappa shape index (κ3) is 4.04. The van der Waals surface area contributed by atoms with Crippen LogP contribution in [0.1, 0.15) is 43.9 Å². The van der Waals surface area contributed by atoms with Gasteiger partial charge in [-0.3, -0.25) is 19.3 Å². The van der Waals surface area contributed by atoms with Crippen LogP contribution in [0.3, 0.4) is 0 Å². The Morgan fingerprint density at radius 1 is 1.03 bits per heavy atom. The van der Waals surface area contributed by atoms with Crippen LogP contribution in [-0.2, 0) is 4.74 Å². The number of hydrogen-bond acceptors (Lipinski definition) is 6. The number of anilines is 1. The fourth-order valence-corrected chi connectivity index (χ4v) is 4.68. The van der Waals surface area contributed by atoms with Gasteiger partial charge < -0.3 is 14.5 Å². The normalized spacial score (nSPS) is 17.1. The lowest BCUT2D eigenvalue weighted by Crippen LogP contribution is -2.36. The third-order valence-corrected chi connectivity index (χ3v) is 6.62. The molecule has 1 fully saturated rings. The van der Waals surface area contributed by atoms with Crippen LogP contribution in [0, 0.1) is 0 Å². The van der Waals surface area contributed by atoms with Gasteiger partial charge in [0.2, 0.25) is 5.89 Å². The van der Waals surface area contributed by atoms with E-state index < -0.39 is 5.91 Å². The minimum absolute atomic E-state index is 0.134. The number of rotatable bonds is 5. The molecule has 6 rings (SSSR count). The molecule has 3 amide bonds. The largest absolute Gasteiger partial charge is 0.436 e. The predicted octanol–water partition coefficient (Wildman–Crippen LogP) is 5.18. The average molecular weight is 502 g/mol. The van der Waals surface area contributed by atoms with E-state index in [2.05, 4.69) is 10.3 Å². The van der Waals surface area contributed by atoms with Crippen LogP contribution in [0.5, 0.6) is 0 Å². The number of carbonyl (C=O) groups is 3. The molecule has 3 heterocycles. The molecule has 8 nitrogen and oxygen atoms in total. The van der Waals surface area contributed by atoms with Crippen molar-refractivity contribution >= 4 is 46.1 Å². The number of hydrogen-bond donors (Lipinski definition) is 1. The Balaban J connectivity index is 1.17. The zero-order chi connectivity index (χ0) is 24.8. The second-order valence-corrected chi connectivity index (χ2v) is 9.22. The first kappa shape index (κ1) is 22.5. The first-order chi connectivity index (χ1) is 17.5. The van der Waals surface area contributed by atoms with Crippen LogP contribution in [0.2, 0.25) is 5.02 Å². The standard InChI is InChI=1S/C27H20ClN3O5/c28-17-6-10-23-22(13-17)30-25(36-23)15-3-7-18(8-4-15)29-24(32)16-5-9-20-21(12-16)27(34)31(26(20)33)14-19-2-1-11-35-19/h3-10,12-13,19H,1-2,11,14H2,(H,29,32). The summed E-state index contributed by atoms with van der Waals surface area (Å²) < 4.78 is 11.4. The minimum Gasteiger partial charge on any atom is -0.436 e. The zero-order valence-electron chi connectivity index (χ0n) is 19.0. The molecule has 1 N–H and O–H groups in total. The lowest BCUT2D eigenvalue weighted by atomic mass is 10.1. The van der Waals surface area contributed by atoms with Crippen molar-refractivity contribution in [1.29, 1.82) is 0 Å². The monoisotopic (exact) mass is 501 g/mol. The zero-order valence-corrected chi connectivity index (χ0v) is 19.7. The first-order valence-corrected chi connectivity index (χ1v) is 11.9. The molecular formula is C27H20ClN3O5. The molecule has 9 heteroatoms. The van der Waals surface area contributed by atoms with E-state index in [-0.39, 0.29) is 35.6 Å². The van der Waals surface area contributed by atoms with E-state index in [1.165, 1.54) is 17.0 Å². The van der Waals surface area contributed by atoms with E-state index >= 15 is 0 Å². The molecule has 180 valence electrons. The number of ether oxygens (including phenoxy) is 1.